The fourth-order valence-electron chi connectivity index (χ4n) is 2.28. The molecule has 1 amide bonds. The molecule has 0 aliphatic rings. The lowest BCUT2D eigenvalue weighted by Gasteiger charge is -2.13. The summed E-state index contributed by atoms with van der Waals surface area (Å²) in [6.07, 6.45) is 1.35. The molecule has 0 aromatic heterocycles. The minimum Gasteiger partial charge on any atom is -0.449 e. The van der Waals surface area contributed by atoms with Crippen LogP contribution in [0.15, 0.2) is 60.0 Å². The Labute approximate surface area is 170 Å². The second-order valence-corrected chi connectivity index (χ2v) is 7.84. The predicted octanol–water partition coefficient (Wildman–Crippen LogP) is 3.17. The van der Waals surface area contributed by atoms with Gasteiger partial charge in [-0.1, -0.05) is 37.3 Å². The van der Waals surface area contributed by atoms with Crippen molar-refractivity contribution in [2.45, 2.75) is 26.4 Å². The standard InChI is InChI=1S/C21H24N2O5S/c1-3-14-22-20(24)16(2)28-21(25)18-9-11-19(12-10-18)23-29(26,27)15-13-17-7-5-4-6-8-17/h4-13,15-16,23H,3,14H2,1-2H3,(H,22,24)/b15-13+/t16-/m0/s1. The zero-order valence-corrected chi connectivity index (χ0v) is 17.1. The van der Waals surface area contributed by atoms with E-state index in [0.29, 0.717) is 12.2 Å². The summed E-state index contributed by atoms with van der Waals surface area (Å²) < 4.78 is 31.9. The molecule has 2 aromatic rings. The number of benzene rings is 2. The van der Waals surface area contributed by atoms with Gasteiger partial charge in [-0.2, -0.15) is 0 Å². The van der Waals surface area contributed by atoms with Crippen LogP contribution in [0.25, 0.3) is 6.08 Å². The molecule has 0 saturated heterocycles. The van der Waals surface area contributed by atoms with Gasteiger partial charge in [0.25, 0.3) is 15.9 Å². The van der Waals surface area contributed by atoms with Crippen LogP contribution in [-0.4, -0.2) is 32.9 Å². The Morgan fingerprint density at radius 3 is 2.34 bits per heavy atom. The number of sulfonamides is 1. The molecule has 2 aromatic carbocycles. The van der Waals surface area contributed by atoms with Gasteiger partial charge in [0, 0.05) is 12.2 Å². The molecule has 154 valence electrons. The lowest BCUT2D eigenvalue weighted by atomic mass is 10.2. The molecule has 2 rings (SSSR count). The number of esters is 1. The first-order valence-electron chi connectivity index (χ1n) is 9.15. The van der Waals surface area contributed by atoms with Crippen molar-refractivity contribution < 1.29 is 22.7 Å². The highest BCUT2D eigenvalue weighted by atomic mass is 32.2. The minimum atomic E-state index is -3.70. The van der Waals surface area contributed by atoms with E-state index < -0.39 is 22.1 Å². The molecular weight excluding hydrogens is 392 g/mol. The Morgan fingerprint density at radius 2 is 1.72 bits per heavy atom. The summed E-state index contributed by atoms with van der Waals surface area (Å²) >= 11 is 0. The first-order chi connectivity index (χ1) is 13.8. The van der Waals surface area contributed by atoms with Crippen LogP contribution in [0.5, 0.6) is 0 Å². The van der Waals surface area contributed by atoms with Crippen LogP contribution in [0.1, 0.15) is 36.2 Å². The summed E-state index contributed by atoms with van der Waals surface area (Å²) in [5.74, 6) is -1.03. The Balaban J connectivity index is 1.96. The van der Waals surface area contributed by atoms with E-state index in [1.807, 2.05) is 25.1 Å². The number of carbonyl (C=O) groups excluding carboxylic acids is 2. The topological polar surface area (TPSA) is 102 Å². The first kappa shape index (κ1) is 22.2. The van der Waals surface area contributed by atoms with Crippen molar-refractivity contribution in [3.8, 4) is 0 Å². The van der Waals surface area contributed by atoms with Crippen molar-refractivity contribution in [2.24, 2.45) is 0 Å². The van der Waals surface area contributed by atoms with Crippen LogP contribution in [-0.2, 0) is 19.6 Å². The van der Waals surface area contributed by atoms with Gasteiger partial charge in [0.1, 0.15) is 0 Å². The molecule has 8 heteroatoms. The lowest BCUT2D eigenvalue weighted by molar-refractivity contribution is -0.129. The molecular formula is C21H24N2O5S. The fourth-order valence-corrected chi connectivity index (χ4v) is 3.15. The van der Waals surface area contributed by atoms with Crippen LogP contribution in [0.4, 0.5) is 5.69 Å². The van der Waals surface area contributed by atoms with Gasteiger partial charge in [0.15, 0.2) is 6.10 Å². The van der Waals surface area contributed by atoms with Crippen LogP contribution < -0.4 is 10.0 Å². The van der Waals surface area contributed by atoms with E-state index in [1.165, 1.54) is 37.3 Å². The van der Waals surface area contributed by atoms with Gasteiger partial charge in [0.05, 0.1) is 11.0 Å². The van der Waals surface area contributed by atoms with Gasteiger partial charge in [-0.15, -0.1) is 0 Å². The molecule has 0 radical (unpaired) electrons. The summed E-state index contributed by atoms with van der Waals surface area (Å²) in [5.41, 5.74) is 1.27. The molecule has 0 spiro atoms. The second kappa shape index (κ2) is 10.4. The lowest BCUT2D eigenvalue weighted by Crippen LogP contribution is -2.36. The largest absolute Gasteiger partial charge is 0.449 e. The van der Waals surface area contributed by atoms with Crippen LogP contribution in [0.2, 0.25) is 0 Å². The Kier molecular flexibility index (Phi) is 7.97. The molecule has 0 fully saturated rings. The van der Waals surface area contributed by atoms with Gasteiger partial charge in [-0.3, -0.25) is 9.52 Å². The number of ether oxygens (including phenoxy) is 1. The van der Waals surface area contributed by atoms with E-state index >= 15 is 0 Å². The Bertz CT molecular complexity index is 954. The smallest absolute Gasteiger partial charge is 0.338 e. The molecule has 0 heterocycles. The van der Waals surface area contributed by atoms with Crippen molar-refractivity contribution in [3.63, 3.8) is 0 Å². The van der Waals surface area contributed by atoms with Gasteiger partial charge in [-0.05, 0) is 49.2 Å². The monoisotopic (exact) mass is 416 g/mol. The predicted molar refractivity (Wildman–Crippen MR) is 113 cm³/mol. The van der Waals surface area contributed by atoms with Gasteiger partial charge in [0.2, 0.25) is 0 Å². The third-order valence-electron chi connectivity index (χ3n) is 3.82. The molecule has 0 bridgehead atoms. The normalized spacial score (nSPS) is 12.3. The highest BCUT2D eigenvalue weighted by molar-refractivity contribution is 7.95. The van der Waals surface area contributed by atoms with E-state index in [1.54, 1.807) is 12.1 Å². The van der Waals surface area contributed by atoms with E-state index in [9.17, 15) is 18.0 Å². The maximum atomic E-state index is 12.2. The van der Waals surface area contributed by atoms with Gasteiger partial charge in [-0.25, -0.2) is 13.2 Å². The van der Waals surface area contributed by atoms with Crippen molar-refractivity contribution in [2.75, 3.05) is 11.3 Å². The first-order valence-corrected chi connectivity index (χ1v) is 10.7. The molecule has 29 heavy (non-hydrogen) atoms. The number of nitrogens with one attached hydrogen (secondary N) is 2. The van der Waals surface area contributed by atoms with Gasteiger partial charge >= 0.3 is 5.97 Å². The van der Waals surface area contributed by atoms with Crippen LogP contribution in [0.3, 0.4) is 0 Å². The van der Waals surface area contributed by atoms with Crippen LogP contribution >= 0.6 is 0 Å². The molecule has 0 aliphatic heterocycles. The van der Waals surface area contributed by atoms with Crippen LogP contribution in [0, 0.1) is 0 Å². The molecule has 0 unspecified atom stereocenters. The quantitative estimate of drug-likeness (QED) is 0.612. The zero-order valence-electron chi connectivity index (χ0n) is 16.3. The average Bonchev–Trinajstić information content (AvgIpc) is 2.71. The van der Waals surface area contributed by atoms with E-state index in [2.05, 4.69) is 10.0 Å². The Morgan fingerprint density at radius 1 is 1.07 bits per heavy atom. The average molecular weight is 416 g/mol. The molecule has 1 atom stereocenters. The molecule has 0 saturated carbocycles. The van der Waals surface area contributed by atoms with Crippen molar-refractivity contribution in [3.05, 3.63) is 71.1 Å². The molecule has 7 nitrogen and oxygen atoms in total. The number of hydrogen-bond acceptors (Lipinski definition) is 5. The minimum absolute atomic E-state index is 0.211. The van der Waals surface area contributed by atoms with E-state index in [0.717, 1.165) is 17.4 Å². The third-order valence-corrected chi connectivity index (χ3v) is 4.84. The maximum absolute atomic E-state index is 12.2. The number of rotatable bonds is 9. The molecule has 2 N–H and O–H groups in total. The van der Waals surface area contributed by atoms with Crippen molar-refractivity contribution in [1.82, 2.24) is 5.32 Å². The number of anilines is 1. The number of amides is 1. The second-order valence-electron chi connectivity index (χ2n) is 6.28. The number of hydrogen-bond donors (Lipinski definition) is 2. The third kappa shape index (κ3) is 7.42. The highest BCUT2D eigenvalue weighted by Crippen LogP contribution is 2.14. The fraction of sp³-hybridized carbons (Fsp3) is 0.238. The summed E-state index contributed by atoms with van der Waals surface area (Å²) in [6, 6.07) is 14.8. The summed E-state index contributed by atoms with van der Waals surface area (Å²) in [7, 11) is -3.70. The Hall–Kier alpha value is -3.13. The summed E-state index contributed by atoms with van der Waals surface area (Å²) in [5, 5.41) is 3.72. The maximum Gasteiger partial charge on any atom is 0.338 e. The summed E-state index contributed by atoms with van der Waals surface area (Å²) in [6.45, 7) is 3.92. The van der Waals surface area contributed by atoms with Gasteiger partial charge < -0.3 is 10.1 Å². The number of carbonyl (C=O) groups is 2. The van der Waals surface area contributed by atoms with Crippen molar-refractivity contribution in [1.29, 1.82) is 0 Å². The summed E-state index contributed by atoms with van der Waals surface area (Å²) in [4.78, 5) is 23.9. The molecule has 0 aliphatic carbocycles. The SMILES string of the molecule is CCCNC(=O)[C@H](C)OC(=O)c1ccc(NS(=O)(=O)/C=C/c2ccccc2)cc1. The highest BCUT2D eigenvalue weighted by Gasteiger charge is 2.18. The van der Waals surface area contributed by atoms with E-state index in [-0.39, 0.29) is 11.5 Å². The zero-order chi connectivity index (χ0) is 21.3. The van der Waals surface area contributed by atoms with Crippen molar-refractivity contribution >= 4 is 33.7 Å². The van der Waals surface area contributed by atoms with E-state index in [4.69, 9.17) is 4.74 Å².